The monoisotopic (exact) mass is 496 g/mol. The maximum atomic E-state index is 13.0. The summed E-state index contributed by atoms with van der Waals surface area (Å²) >= 11 is 13.1. The summed E-state index contributed by atoms with van der Waals surface area (Å²) in [5.41, 5.74) is -0.521. The van der Waals surface area contributed by atoms with Crippen molar-refractivity contribution in [3.8, 4) is 11.5 Å². The third-order valence-corrected chi connectivity index (χ3v) is 9.84. The fourth-order valence-electron chi connectivity index (χ4n) is 7.43. The molecule has 7 atom stereocenters. The number of cyclic esters (lactones) is 1. The minimum atomic E-state index is -0.990. The summed E-state index contributed by atoms with van der Waals surface area (Å²) in [5, 5.41) is 21.4. The lowest BCUT2D eigenvalue weighted by molar-refractivity contribution is -0.211. The largest absolute Gasteiger partial charge is 0.505 e. The average Bonchev–Trinajstić information content (AvgIpc) is 2.72. The molecule has 5 rings (SSSR count). The second-order valence-electron chi connectivity index (χ2n) is 11.4. The molecular formula is C25H30Cl2O6. The molecular weight excluding hydrogens is 467 g/mol. The molecule has 2 aliphatic heterocycles. The predicted molar refractivity (Wildman–Crippen MR) is 123 cm³/mol. The first kappa shape index (κ1) is 23.3. The Bertz CT molecular complexity index is 1080. The van der Waals surface area contributed by atoms with Crippen LogP contribution in [0.3, 0.4) is 0 Å². The van der Waals surface area contributed by atoms with E-state index in [-0.39, 0.29) is 40.1 Å². The first-order valence-electron chi connectivity index (χ1n) is 11.6. The third-order valence-electron chi connectivity index (χ3n) is 9.13. The van der Waals surface area contributed by atoms with Crippen LogP contribution in [0.25, 0.3) is 0 Å². The van der Waals surface area contributed by atoms with E-state index in [2.05, 4.69) is 6.92 Å². The lowest BCUT2D eigenvalue weighted by Gasteiger charge is -2.64. The van der Waals surface area contributed by atoms with Gasteiger partial charge in [-0.05, 0) is 50.0 Å². The summed E-state index contributed by atoms with van der Waals surface area (Å²) in [5.74, 6) is -0.873. The van der Waals surface area contributed by atoms with E-state index in [0.717, 1.165) is 5.56 Å². The molecule has 8 heteroatoms. The Hall–Kier alpha value is -1.50. The molecule has 33 heavy (non-hydrogen) atoms. The number of alkyl halides is 1. The topological polar surface area (TPSA) is 93.1 Å². The quantitative estimate of drug-likeness (QED) is 0.407. The zero-order valence-corrected chi connectivity index (χ0v) is 21.0. The van der Waals surface area contributed by atoms with E-state index >= 15 is 0 Å². The fourth-order valence-corrected chi connectivity index (χ4v) is 8.29. The van der Waals surface area contributed by atoms with Gasteiger partial charge in [-0.3, -0.25) is 4.79 Å². The normalized spacial score (nSPS) is 41.2. The number of aromatic hydroxyl groups is 1. The molecule has 6 nitrogen and oxygen atoms in total. The minimum absolute atomic E-state index is 0.0153. The van der Waals surface area contributed by atoms with Gasteiger partial charge in [0.1, 0.15) is 28.0 Å². The molecule has 0 aromatic heterocycles. The van der Waals surface area contributed by atoms with Crippen LogP contribution < -0.4 is 4.74 Å². The van der Waals surface area contributed by atoms with Crippen LogP contribution in [0.4, 0.5) is 0 Å². The van der Waals surface area contributed by atoms with E-state index in [1.807, 2.05) is 27.7 Å². The number of carbonyl (C=O) groups is 2. The summed E-state index contributed by atoms with van der Waals surface area (Å²) in [7, 11) is 0. The summed E-state index contributed by atoms with van der Waals surface area (Å²) in [6, 6.07) is 0. The number of hydrogen-bond donors (Lipinski definition) is 2. The highest BCUT2D eigenvalue weighted by molar-refractivity contribution is 6.34. The number of carbonyl (C=O) groups excluding carboxylic acids is 2. The lowest BCUT2D eigenvalue weighted by atomic mass is 9.43. The van der Waals surface area contributed by atoms with E-state index in [1.165, 1.54) is 0 Å². The van der Waals surface area contributed by atoms with Crippen molar-refractivity contribution >= 4 is 35.0 Å². The first-order chi connectivity index (χ1) is 15.2. The number of phenolic OH excluding ortho intramolecular Hbond substituents is 1. The number of esters is 1. The summed E-state index contributed by atoms with van der Waals surface area (Å²) in [4.78, 5) is 25.6. The maximum absolute atomic E-state index is 13.0. The fraction of sp³-hybridized carbons (Fsp3) is 0.680. The van der Waals surface area contributed by atoms with Gasteiger partial charge in [0.25, 0.3) is 0 Å². The van der Waals surface area contributed by atoms with Crippen molar-refractivity contribution in [3.63, 3.8) is 0 Å². The summed E-state index contributed by atoms with van der Waals surface area (Å²) < 4.78 is 11.9. The van der Waals surface area contributed by atoms with E-state index in [0.29, 0.717) is 37.0 Å². The molecule has 2 heterocycles. The Balaban J connectivity index is 1.71. The van der Waals surface area contributed by atoms with Gasteiger partial charge >= 0.3 is 5.97 Å². The number of ketones is 1. The Morgan fingerprint density at radius 3 is 2.39 bits per heavy atom. The number of rotatable bonds is 0. The van der Waals surface area contributed by atoms with Gasteiger partial charge in [0.05, 0.1) is 11.5 Å². The van der Waals surface area contributed by atoms with Gasteiger partial charge in [-0.15, -0.1) is 11.6 Å². The molecule has 1 aromatic rings. The van der Waals surface area contributed by atoms with Crippen LogP contribution in [-0.4, -0.2) is 45.2 Å². The average molecular weight is 497 g/mol. The number of fused-ring (bicyclic) bond motifs is 6. The van der Waals surface area contributed by atoms with Crippen molar-refractivity contribution < 1.29 is 29.3 Å². The SMILES string of the molecule is CC1Cc2c3c(c(Cl)c(O)c2C(=O)O1)OC1(C)C(O)CC2C(C)(C)C(=O)C(Cl)CC2(C)C1C3. The maximum Gasteiger partial charge on any atom is 0.342 e. The molecule has 0 bridgehead atoms. The number of benzene rings is 1. The van der Waals surface area contributed by atoms with Gasteiger partial charge in [0.15, 0.2) is 11.5 Å². The summed E-state index contributed by atoms with van der Waals surface area (Å²) in [6.07, 6.45) is 0.629. The van der Waals surface area contributed by atoms with Crippen LogP contribution in [0.15, 0.2) is 0 Å². The van der Waals surface area contributed by atoms with Crippen LogP contribution in [0.5, 0.6) is 11.5 Å². The molecule has 0 radical (unpaired) electrons. The van der Waals surface area contributed by atoms with Gasteiger partial charge in [-0.2, -0.15) is 0 Å². The van der Waals surface area contributed by atoms with Gasteiger partial charge < -0.3 is 19.7 Å². The highest BCUT2D eigenvalue weighted by atomic mass is 35.5. The number of ether oxygens (including phenoxy) is 2. The highest BCUT2D eigenvalue weighted by Gasteiger charge is 2.67. The van der Waals surface area contributed by atoms with Gasteiger partial charge in [0, 0.05) is 23.3 Å². The van der Waals surface area contributed by atoms with Crippen LogP contribution in [0, 0.1) is 22.7 Å². The molecule has 1 aromatic carbocycles. The Kier molecular flexibility index (Phi) is 4.94. The molecule has 2 N–H and O–H groups in total. The van der Waals surface area contributed by atoms with Crippen LogP contribution in [-0.2, 0) is 22.4 Å². The van der Waals surface area contributed by atoms with E-state index in [9.17, 15) is 19.8 Å². The van der Waals surface area contributed by atoms with Crippen molar-refractivity contribution in [1.29, 1.82) is 0 Å². The predicted octanol–water partition coefficient (Wildman–Crippen LogP) is 4.45. The molecule has 2 fully saturated rings. The van der Waals surface area contributed by atoms with Crippen molar-refractivity contribution in [2.75, 3.05) is 0 Å². The standard InChI is InChI=1S/C25H30Cl2O6/c1-10-6-11-12-7-15-24(4)9-13(26)21(30)23(2,3)14(24)8-16(28)25(15,5)33-20(12)18(27)19(29)17(11)22(31)32-10/h10,13-16,28-29H,6-9H2,1-5H3. The first-order valence-corrected chi connectivity index (χ1v) is 12.4. The zero-order chi connectivity index (χ0) is 24.2. The minimum Gasteiger partial charge on any atom is -0.505 e. The Labute approximate surface area is 203 Å². The molecule has 0 saturated heterocycles. The van der Waals surface area contributed by atoms with Crippen LogP contribution in [0.1, 0.15) is 68.9 Å². The number of hydrogen-bond acceptors (Lipinski definition) is 6. The van der Waals surface area contributed by atoms with Crippen LogP contribution >= 0.6 is 23.2 Å². The smallest absolute Gasteiger partial charge is 0.342 e. The molecule has 0 spiro atoms. The molecule has 0 amide bonds. The number of aliphatic hydroxyl groups is 1. The highest BCUT2D eigenvalue weighted by Crippen LogP contribution is 2.65. The molecule has 180 valence electrons. The van der Waals surface area contributed by atoms with Crippen LogP contribution in [0.2, 0.25) is 5.02 Å². The van der Waals surface area contributed by atoms with E-state index in [1.54, 1.807) is 0 Å². The zero-order valence-electron chi connectivity index (χ0n) is 19.5. The number of phenols is 1. The van der Waals surface area contributed by atoms with E-state index < -0.39 is 33.9 Å². The van der Waals surface area contributed by atoms with E-state index in [4.69, 9.17) is 32.7 Å². The summed E-state index contributed by atoms with van der Waals surface area (Å²) in [6.45, 7) is 9.68. The molecule has 2 aliphatic carbocycles. The van der Waals surface area contributed by atoms with Crippen molar-refractivity contribution in [2.45, 2.75) is 83.5 Å². The van der Waals surface area contributed by atoms with Crippen molar-refractivity contribution in [3.05, 3.63) is 21.7 Å². The molecule has 2 saturated carbocycles. The molecule has 7 unspecified atom stereocenters. The van der Waals surface area contributed by atoms with Gasteiger partial charge in [-0.25, -0.2) is 4.79 Å². The number of halogens is 2. The Morgan fingerprint density at radius 2 is 1.73 bits per heavy atom. The molecule has 4 aliphatic rings. The van der Waals surface area contributed by atoms with Crippen molar-refractivity contribution in [2.24, 2.45) is 22.7 Å². The van der Waals surface area contributed by atoms with Gasteiger partial charge in [0.2, 0.25) is 0 Å². The van der Waals surface area contributed by atoms with Gasteiger partial charge in [-0.1, -0.05) is 32.4 Å². The number of Topliss-reactive ketones (excluding diaryl/α,β-unsaturated/α-hetero) is 1. The second kappa shape index (κ2) is 7.02. The third kappa shape index (κ3) is 2.90. The number of aliphatic hydroxyl groups excluding tert-OH is 1. The Morgan fingerprint density at radius 1 is 1.06 bits per heavy atom. The lowest BCUT2D eigenvalue weighted by Crippen LogP contribution is -2.69. The van der Waals surface area contributed by atoms with Crippen molar-refractivity contribution in [1.82, 2.24) is 0 Å². The second-order valence-corrected chi connectivity index (χ2v) is 12.3.